The van der Waals surface area contributed by atoms with Crippen LogP contribution in [-0.4, -0.2) is 36.1 Å². The molecule has 1 fully saturated rings. The molecule has 1 aliphatic rings. The summed E-state index contributed by atoms with van der Waals surface area (Å²) >= 11 is 0. The highest BCUT2D eigenvalue weighted by Gasteiger charge is 2.20. The second-order valence-electron chi connectivity index (χ2n) is 8.02. The number of ether oxygens (including phenoxy) is 1. The van der Waals surface area contributed by atoms with Crippen molar-refractivity contribution < 1.29 is 14.3 Å². The molecule has 2 aromatic rings. The number of rotatable bonds is 5. The molecule has 0 bridgehead atoms. The monoisotopic (exact) mass is 381 g/mol. The fourth-order valence-corrected chi connectivity index (χ4v) is 3.24. The predicted molar refractivity (Wildman–Crippen MR) is 109 cm³/mol. The molecular formula is C22H27N3O3. The highest BCUT2D eigenvalue weighted by Crippen LogP contribution is 2.29. The molecule has 2 amide bonds. The minimum atomic E-state index is -0.342. The van der Waals surface area contributed by atoms with Gasteiger partial charge in [-0.25, -0.2) is 0 Å². The van der Waals surface area contributed by atoms with Crippen molar-refractivity contribution in [3.8, 4) is 0 Å². The Morgan fingerprint density at radius 1 is 1.18 bits per heavy atom. The first-order valence-corrected chi connectivity index (χ1v) is 9.61. The first kappa shape index (κ1) is 20.0. The van der Waals surface area contributed by atoms with Gasteiger partial charge >= 0.3 is 0 Å². The van der Waals surface area contributed by atoms with Gasteiger partial charge in [-0.05, 0) is 42.0 Å². The average molecular weight is 381 g/mol. The lowest BCUT2D eigenvalue weighted by Crippen LogP contribution is -2.32. The van der Waals surface area contributed by atoms with E-state index in [9.17, 15) is 9.59 Å². The molecule has 1 unspecified atom stereocenters. The zero-order chi connectivity index (χ0) is 20.1. The Labute approximate surface area is 165 Å². The molecule has 1 atom stereocenters. The molecule has 1 aromatic carbocycles. The summed E-state index contributed by atoms with van der Waals surface area (Å²) in [5, 5.41) is 5.79. The van der Waals surface area contributed by atoms with Crippen molar-refractivity contribution in [2.24, 2.45) is 0 Å². The van der Waals surface area contributed by atoms with Crippen LogP contribution in [0.15, 0.2) is 42.6 Å². The molecule has 3 rings (SSSR count). The molecule has 6 nitrogen and oxygen atoms in total. The number of amides is 2. The number of pyridine rings is 1. The van der Waals surface area contributed by atoms with Gasteiger partial charge in [-0.3, -0.25) is 14.6 Å². The van der Waals surface area contributed by atoms with Crippen molar-refractivity contribution in [3.63, 3.8) is 0 Å². The molecular weight excluding hydrogens is 354 g/mol. The van der Waals surface area contributed by atoms with E-state index in [1.807, 2.05) is 24.3 Å². The zero-order valence-electron chi connectivity index (χ0n) is 16.6. The van der Waals surface area contributed by atoms with Gasteiger partial charge in [0.1, 0.15) is 5.69 Å². The number of hydrogen-bond acceptors (Lipinski definition) is 4. The van der Waals surface area contributed by atoms with E-state index in [1.165, 1.54) is 12.3 Å². The summed E-state index contributed by atoms with van der Waals surface area (Å²) in [6, 6.07) is 10.8. The summed E-state index contributed by atoms with van der Waals surface area (Å²) in [6.45, 7) is 7.50. The fraction of sp³-hybridized carbons (Fsp3) is 0.409. The van der Waals surface area contributed by atoms with Gasteiger partial charge in [-0.2, -0.15) is 0 Å². The van der Waals surface area contributed by atoms with E-state index in [0.717, 1.165) is 30.7 Å². The third-order valence-corrected chi connectivity index (χ3v) is 4.75. The summed E-state index contributed by atoms with van der Waals surface area (Å²) in [6.07, 6.45) is 3.53. The average Bonchev–Trinajstić information content (AvgIpc) is 3.19. The number of nitrogens with one attached hydrogen (secondary N) is 2. The molecule has 148 valence electrons. The van der Waals surface area contributed by atoms with Gasteiger partial charge in [-0.1, -0.05) is 39.0 Å². The summed E-state index contributed by atoms with van der Waals surface area (Å²) in [5.74, 6) is -0.576. The first-order chi connectivity index (χ1) is 13.3. The first-order valence-electron chi connectivity index (χ1n) is 9.61. The van der Waals surface area contributed by atoms with Crippen LogP contribution in [0.5, 0.6) is 0 Å². The number of carbonyl (C=O) groups excluding carboxylic acids is 2. The van der Waals surface area contributed by atoms with E-state index in [4.69, 9.17) is 4.74 Å². The van der Waals surface area contributed by atoms with Crippen LogP contribution < -0.4 is 10.6 Å². The van der Waals surface area contributed by atoms with E-state index in [0.29, 0.717) is 12.1 Å². The van der Waals surface area contributed by atoms with Crippen LogP contribution in [0.25, 0.3) is 0 Å². The van der Waals surface area contributed by atoms with Gasteiger partial charge in [0, 0.05) is 30.6 Å². The standard InChI is InChI=1S/C22H27N3O3/c1-22(2,3)17-8-4-5-9-18(17)25-21(27)19-13-15(10-11-23-19)20(26)24-14-16-7-6-12-28-16/h4-5,8-11,13,16H,6-7,12,14H2,1-3H3,(H,24,26)(H,25,27). The lowest BCUT2D eigenvalue weighted by Gasteiger charge is -2.22. The molecule has 0 saturated carbocycles. The van der Waals surface area contributed by atoms with Crippen molar-refractivity contribution in [2.45, 2.75) is 45.1 Å². The number of anilines is 1. The third kappa shape index (κ3) is 4.95. The quantitative estimate of drug-likeness (QED) is 0.830. The molecule has 2 heterocycles. The van der Waals surface area contributed by atoms with Crippen molar-refractivity contribution in [1.29, 1.82) is 0 Å². The smallest absolute Gasteiger partial charge is 0.274 e. The molecule has 0 aliphatic carbocycles. The number of nitrogens with zero attached hydrogens (tertiary/aromatic N) is 1. The van der Waals surface area contributed by atoms with Crippen LogP contribution in [0.4, 0.5) is 5.69 Å². The molecule has 1 saturated heterocycles. The van der Waals surface area contributed by atoms with Crippen LogP contribution in [0, 0.1) is 0 Å². The van der Waals surface area contributed by atoms with E-state index in [2.05, 4.69) is 36.4 Å². The van der Waals surface area contributed by atoms with Gasteiger partial charge in [0.25, 0.3) is 11.8 Å². The van der Waals surface area contributed by atoms with E-state index < -0.39 is 0 Å². The van der Waals surface area contributed by atoms with Gasteiger partial charge in [0.05, 0.1) is 6.10 Å². The van der Waals surface area contributed by atoms with E-state index in [1.54, 1.807) is 6.07 Å². The maximum atomic E-state index is 12.7. The summed E-state index contributed by atoms with van der Waals surface area (Å²) < 4.78 is 5.51. The Morgan fingerprint density at radius 2 is 1.96 bits per heavy atom. The van der Waals surface area contributed by atoms with Crippen LogP contribution in [0.2, 0.25) is 0 Å². The minimum absolute atomic E-state index is 0.0717. The van der Waals surface area contributed by atoms with Crippen LogP contribution in [-0.2, 0) is 10.2 Å². The minimum Gasteiger partial charge on any atom is -0.376 e. The maximum Gasteiger partial charge on any atom is 0.274 e. The highest BCUT2D eigenvalue weighted by atomic mass is 16.5. The van der Waals surface area contributed by atoms with E-state index in [-0.39, 0.29) is 29.0 Å². The number of para-hydroxylation sites is 1. The third-order valence-electron chi connectivity index (χ3n) is 4.75. The summed E-state index contributed by atoms with van der Waals surface area (Å²) in [7, 11) is 0. The predicted octanol–water partition coefficient (Wildman–Crippen LogP) is 3.54. The molecule has 28 heavy (non-hydrogen) atoms. The molecule has 2 N–H and O–H groups in total. The number of carbonyl (C=O) groups is 2. The lowest BCUT2D eigenvalue weighted by molar-refractivity contribution is 0.0857. The van der Waals surface area contributed by atoms with Crippen LogP contribution in [0.3, 0.4) is 0 Å². The highest BCUT2D eigenvalue weighted by molar-refractivity contribution is 6.05. The second-order valence-corrected chi connectivity index (χ2v) is 8.02. The second kappa shape index (κ2) is 8.52. The molecule has 1 aromatic heterocycles. The molecule has 6 heteroatoms. The van der Waals surface area contributed by atoms with Gasteiger partial charge in [-0.15, -0.1) is 0 Å². The summed E-state index contributed by atoms with van der Waals surface area (Å²) in [4.78, 5) is 29.2. The lowest BCUT2D eigenvalue weighted by atomic mass is 9.86. The molecule has 0 radical (unpaired) electrons. The van der Waals surface area contributed by atoms with Crippen molar-refractivity contribution >= 4 is 17.5 Å². The van der Waals surface area contributed by atoms with E-state index >= 15 is 0 Å². The Hall–Kier alpha value is -2.73. The summed E-state index contributed by atoms with van der Waals surface area (Å²) in [5.41, 5.74) is 2.28. The maximum absolute atomic E-state index is 12.7. The van der Waals surface area contributed by atoms with Gasteiger partial charge in [0.15, 0.2) is 0 Å². The normalized spacial score (nSPS) is 16.6. The van der Waals surface area contributed by atoms with Crippen molar-refractivity contribution in [2.75, 3.05) is 18.5 Å². The Bertz CT molecular complexity index is 852. The number of benzene rings is 1. The van der Waals surface area contributed by atoms with Crippen LogP contribution >= 0.6 is 0 Å². The molecule has 1 aliphatic heterocycles. The largest absolute Gasteiger partial charge is 0.376 e. The van der Waals surface area contributed by atoms with Gasteiger partial charge < -0.3 is 15.4 Å². The van der Waals surface area contributed by atoms with Gasteiger partial charge in [0.2, 0.25) is 0 Å². The Morgan fingerprint density at radius 3 is 2.68 bits per heavy atom. The zero-order valence-corrected chi connectivity index (χ0v) is 16.6. The van der Waals surface area contributed by atoms with Crippen molar-refractivity contribution in [3.05, 3.63) is 59.4 Å². The number of hydrogen-bond donors (Lipinski definition) is 2. The molecule has 0 spiro atoms. The van der Waals surface area contributed by atoms with Crippen molar-refractivity contribution in [1.82, 2.24) is 10.3 Å². The van der Waals surface area contributed by atoms with Crippen LogP contribution in [0.1, 0.15) is 60.0 Å². The SMILES string of the molecule is CC(C)(C)c1ccccc1NC(=O)c1cc(C(=O)NCC2CCCO2)ccn1. The Kier molecular flexibility index (Phi) is 6.09. The Balaban J connectivity index is 1.70. The fourth-order valence-electron chi connectivity index (χ4n) is 3.24. The topological polar surface area (TPSA) is 80.3 Å². The number of aromatic nitrogens is 1.